The minimum atomic E-state index is -0.923. The molecule has 2 atom stereocenters. The van der Waals surface area contributed by atoms with Crippen LogP contribution in [0.1, 0.15) is 44.5 Å². The van der Waals surface area contributed by atoms with Gasteiger partial charge in [0.2, 0.25) is 0 Å². The summed E-state index contributed by atoms with van der Waals surface area (Å²) in [7, 11) is 1.74. The van der Waals surface area contributed by atoms with Gasteiger partial charge in [0.25, 0.3) is 0 Å². The van der Waals surface area contributed by atoms with Crippen molar-refractivity contribution < 1.29 is 23.8 Å². The van der Waals surface area contributed by atoms with Crippen LogP contribution in [0.4, 0.5) is 10.2 Å². The van der Waals surface area contributed by atoms with Crippen molar-refractivity contribution in [3.05, 3.63) is 40.7 Å². The van der Waals surface area contributed by atoms with Crippen LogP contribution < -0.4 is 4.90 Å². The topological polar surface area (TPSA) is 84.8 Å². The Morgan fingerprint density at radius 2 is 2.10 bits per heavy atom. The molecule has 0 radical (unpaired) electrons. The lowest BCUT2D eigenvalue weighted by atomic mass is 9.87. The summed E-state index contributed by atoms with van der Waals surface area (Å²) in [6.07, 6.45) is -0.271. The lowest BCUT2D eigenvalue weighted by Gasteiger charge is -2.32. The molecule has 1 aromatic carbocycles. The predicted molar refractivity (Wildman–Crippen MR) is 116 cm³/mol. The highest BCUT2D eigenvalue weighted by Crippen LogP contribution is 2.36. The van der Waals surface area contributed by atoms with Crippen molar-refractivity contribution in [2.24, 2.45) is 5.41 Å². The Hall–Kier alpha value is -2.29. The zero-order chi connectivity index (χ0) is 23.0. The molecule has 0 spiro atoms. The molecular formula is C22H27ClFN3O4. The maximum absolute atomic E-state index is 14.4. The summed E-state index contributed by atoms with van der Waals surface area (Å²) in [5.74, 6) is -0.879. The van der Waals surface area contributed by atoms with Gasteiger partial charge in [-0.1, -0.05) is 18.5 Å². The van der Waals surface area contributed by atoms with Gasteiger partial charge in [-0.05, 0) is 51.5 Å². The van der Waals surface area contributed by atoms with E-state index in [-0.39, 0.29) is 22.6 Å². The van der Waals surface area contributed by atoms with Gasteiger partial charge < -0.3 is 19.5 Å². The Labute approximate surface area is 186 Å². The summed E-state index contributed by atoms with van der Waals surface area (Å²) < 4.78 is 25.2. The largest absolute Gasteiger partial charge is 0.456 e. The smallest absolute Gasteiger partial charge is 0.342 e. The lowest BCUT2D eigenvalue weighted by molar-refractivity contribution is -0.109. The number of carbonyl (C=O) groups excluding carboxylic acids is 1. The molecule has 168 valence electrons. The van der Waals surface area contributed by atoms with Crippen LogP contribution in [0, 0.1) is 11.2 Å². The van der Waals surface area contributed by atoms with Crippen LogP contribution >= 0.6 is 11.6 Å². The van der Waals surface area contributed by atoms with Gasteiger partial charge in [-0.15, -0.1) is 10.2 Å². The van der Waals surface area contributed by atoms with E-state index in [0.29, 0.717) is 24.6 Å². The molecule has 2 unspecified atom stereocenters. The van der Waals surface area contributed by atoms with E-state index < -0.39 is 29.1 Å². The molecule has 0 amide bonds. The van der Waals surface area contributed by atoms with Gasteiger partial charge >= 0.3 is 5.97 Å². The van der Waals surface area contributed by atoms with Crippen molar-refractivity contribution >= 4 is 23.4 Å². The molecule has 1 saturated heterocycles. The normalized spacial score (nSPS) is 21.2. The number of rotatable bonds is 5. The minimum Gasteiger partial charge on any atom is -0.456 e. The summed E-state index contributed by atoms with van der Waals surface area (Å²) in [5.41, 5.74) is -0.851. The molecule has 9 heteroatoms. The van der Waals surface area contributed by atoms with Crippen molar-refractivity contribution in [1.82, 2.24) is 10.2 Å². The first kappa shape index (κ1) is 23.4. The molecule has 1 aliphatic rings. The van der Waals surface area contributed by atoms with E-state index in [1.165, 1.54) is 24.3 Å². The van der Waals surface area contributed by atoms with Crippen LogP contribution in [0.2, 0.25) is 5.02 Å². The number of hydrogen-bond donors (Lipinski definition) is 1. The summed E-state index contributed by atoms with van der Waals surface area (Å²) >= 11 is 6.01. The Bertz CT molecular complexity index is 982. The number of anilines is 1. The molecule has 0 saturated carbocycles. The molecular weight excluding hydrogens is 425 g/mol. The fourth-order valence-corrected chi connectivity index (χ4v) is 3.65. The summed E-state index contributed by atoms with van der Waals surface area (Å²) in [5, 5.41) is 18.9. The molecule has 7 nitrogen and oxygen atoms in total. The fraction of sp³-hybridized carbons (Fsp3) is 0.500. The zero-order valence-corrected chi connectivity index (χ0v) is 19.0. The highest BCUT2D eigenvalue weighted by Gasteiger charge is 2.40. The van der Waals surface area contributed by atoms with Crippen molar-refractivity contribution in [3.63, 3.8) is 0 Å². The molecule has 2 heterocycles. The maximum atomic E-state index is 14.4. The van der Waals surface area contributed by atoms with Gasteiger partial charge in [-0.25, -0.2) is 9.18 Å². The number of ether oxygens (including phenoxy) is 2. The van der Waals surface area contributed by atoms with Crippen LogP contribution in [0.15, 0.2) is 24.3 Å². The van der Waals surface area contributed by atoms with Gasteiger partial charge in [0.05, 0.1) is 12.3 Å². The second-order valence-corrected chi connectivity index (χ2v) is 9.51. The van der Waals surface area contributed by atoms with E-state index in [9.17, 15) is 14.3 Å². The Balaban J connectivity index is 2.03. The first-order chi connectivity index (χ1) is 14.4. The SMILES string of the molecule is CN(CC1(C)CCOC1O)c1nnc(-c2cc(Cl)ccc2F)cc1C(=O)OC(C)(C)C. The molecule has 1 aliphatic heterocycles. The van der Waals surface area contributed by atoms with Crippen LogP contribution in [0.3, 0.4) is 0 Å². The monoisotopic (exact) mass is 451 g/mol. The maximum Gasteiger partial charge on any atom is 0.342 e. The Kier molecular flexibility index (Phi) is 6.55. The molecule has 3 rings (SSSR count). The second kappa shape index (κ2) is 8.68. The van der Waals surface area contributed by atoms with E-state index in [0.717, 1.165) is 0 Å². The van der Waals surface area contributed by atoms with E-state index in [1.54, 1.807) is 32.7 Å². The number of benzene rings is 1. The van der Waals surface area contributed by atoms with Crippen LogP contribution in [0.5, 0.6) is 0 Å². The minimum absolute atomic E-state index is 0.130. The summed E-state index contributed by atoms with van der Waals surface area (Å²) in [4.78, 5) is 14.7. The van der Waals surface area contributed by atoms with Gasteiger partial charge in [-0.2, -0.15) is 0 Å². The molecule has 1 aromatic heterocycles. The van der Waals surface area contributed by atoms with E-state index in [1.807, 2.05) is 6.92 Å². The number of nitrogens with zero attached hydrogens (tertiary/aromatic N) is 3. The van der Waals surface area contributed by atoms with Gasteiger partial charge in [0.1, 0.15) is 17.0 Å². The predicted octanol–water partition coefficient (Wildman–Crippen LogP) is 4.07. The summed E-state index contributed by atoms with van der Waals surface area (Å²) in [6.45, 7) is 7.99. The third kappa shape index (κ3) is 5.31. The van der Waals surface area contributed by atoms with Crippen LogP contribution in [-0.2, 0) is 9.47 Å². The van der Waals surface area contributed by atoms with E-state index in [4.69, 9.17) is 21.1 Å². The average molecular weight is 452 g/mol. The molecule has 1 fully saturated rings. The number of aromatic nitrogens is 2. The van der Waals surface area contributed by atoms with Crippen molar-refractivity contribution in [2.75, 3.05) is 25.1 Å². The third-order valence-electron chi connectivity index (χ3n) is 5.10. The van der Waals surface area contributed by atoms with Crippen molar-refractivity contribution in [3.8, 4) is 11.3 Å². The summed E-state index contributed by atoms with van der Waals surface area (Å²) in [6, 6.07) is 5.54. The van der Waals surface area contributed by atoms with Crippen molar-refractivity contribution in [1.29, 1.82) is 0 Å². The Morgan fingerprint density at radius 1 is 1.39 bits per heavy atom. The fourth-order valence-electron chi connectivity index (χ4n) is 3.48. The standard InChI is InChI=1S/C22H27ClFN3O4/c1-21(2,3)31-19(28)15-11-17(14-10-13(23)6-7-16(14)24)25-26-18(15)27(5)12-22(4)8-9-30-20(22)29/h6-7,10-11,20,29H,8-9,12H2,1-5H3. The highest BCUT2D eigenvalue weighted by molar-refractivity contribution is 6.30. The number of aliphatic hydroxyl groups excluding tert-OH is 1. The molecule has 0 aliphatic carbocycles. The highest BCUT2D eigenvalue weighted by atomic mass is 35.5. The van der Waals surface area contributed by atoms with E-state index >= 15 is 0 Å². The molecule has 0 bridgehead atoms. The van der Waals surface area contributed by atoms with Gasteiger partial charge in [-0.3, -0.25) is 0 Å². The number of halogens is 2. The van der Waals surface area contributed by atoms with Gasteiger partial charge in [0, 0.05) is 29.6 Å². The molecule has 31 heavy (non-hydrogen) atoms. The van der Waals surface area contributed by atoms with Crippen LogP contribution in [0.25, 0.3) is 11.3 Å². The number of aliphatic hydroxyl groups is 1. The first-order valence-electron chi connectivity index (χ1n) is 9.97. The molecule has 2 aromatic rings. The van der Waals surface area contributed by atoms with Gasteiger partial charge in [0.15, 0.2) is 12.1 Å². The van der Waals surface area contributed by atoms with Crippen LogP contribution in [-0.4, -0.2) is 53.4 Å². The van der Waals surface area contributed by atoms with E-state index in [2.05, 4.69) is 10.2 Å². The third-order valence-corrected chi connectivity index (χ3v) is 5.34. The lowest BCUT2D eigenvalue weighted by Crippen LogP contribution is -2.40. The molecule has 1 N–H and O–H groups in total. The number of hydrogen-bond acceptors (Lipinski definition) is 7. The Morgan fingerprint density at radius 3 is 2.71 bits per heavy atom. The zero-order valence-electron chi connectivity index (χ0n) is 18.3. The average Bonchev–Trinajstić information content (AvgIpc) is 3.00. The quantitative estimate of drug-likeness (QED) is 0.686. The number of carbonyl (C=O) groups is 1. The second-order valence-electron chi connectivity index (χ2n) is 9.08. The van der Waals surface area contributed by atoms with Crippen molar-refractivity contribution in [2.45, 2.75) is 46.0 Å². The first-order valence-corrected chi connectivity index (χ1v) is 10.3. The number of esters is 1.